The third-order valence-electron chi connectivity index (χ3n) is 2.23. The molecule has 2 rings (SSSR count). The van der Waals surface area contributed by atoms with E-state index in [0.29, 0.717) is 0 Å². The van der Waals surface area contributed by atoms with E-state index in [1.165, 1.54) is 5.56 Å². The van der Waals surface area contributed by atoms with Crippen LogP contribution in [0.25, 0.3) is 0 Å². The number of benzene rings is 1. The molecule has 78 valence electrons. The molecule has 0 aliphatic carbocycles. The number of aromatic nitrogens is 1. The highest BCUT2D eigenvalue weighted by atomic mass is 32.1. The summed E-state index contributed by atoms with van der Waals surface area (Å²) in [5, 5.41) is 10.0. The minimum atomic E-state index is 0.100. The van der Waals surface area contributed by atoms with Gasteiger partial charge in [-0.2, -0.15) is 0 Å². The second kappa shape index (κ2) is 5.05. The molecule has 0 bridgehead atoms. The van der Waals surface area contributed by atoms with Gasteiger partial charge in [-0.1, -0.05) is 30.3 Å². The Morgan fingerprint density at radius 1 is 1.13 bits per heavy atom. The molecular formula is C12H13NOS. The lowest BCUT2D eigenvalue weighted by molar-refractivity contribution is 0.285. The molecule has 3 heteroatoms. The van der Waals surface area contributed by atoms with Crippen molar-refractivity contribution in [3.63, 3.8) is 0 Å². The Kier molecular flexibility index (Phi) is 3.48. The van der Waals surface area contributed by atoms with Gasteiger partial charge in [0.2, 0.25) is 0 Å². The van der Waals surface area contributed by atoms with Crippen molar-refractivity contribution in [2.24, 2.45) is 0 Å². The number of hydrogen-bond acceptors (Lipinski definition) is 3. The molecule has 0 saturated heterocycles. The molecule has 15 heavy (non-hydrogen) atoms. The van der Waals surface area contributed by atoms with Gasteiger partial charge in [0.05, 0.1) is 16.5 Å². The van der Waals surface area contributed by atoms with Gasteiger partial charge in [0.25, 0.3) is 0 Å². The second-order valence-corrected chi connectivity index (χ2v) is 4.56. The summed E-state index contributed by atoms with van der Waals surface area (Å²) in [6.45, 7) is 0.100. The summed E-state index contributed by atoms with van der Waals surface area (Å²) in [4.78, 5) is 5.20. The fourth-order valence-corrected chi connectivity index (χ4v) is 2.21. The lowest BCUT2D eigenvalue weighted by Gasteiger charge is -1.97. The molecule has 1 aromatic carbocycles. The van der Waals surface area contributed by atoms with Crippen LogP contribution in [-0.2, 0) is 19.4 Å². The van der Waals surface area contributed by atoms with E-state index >= 15 is 0 Å². The van der Waals surface area contributed by atoms with E-state index in [-0.39, 0.29) is 6.61 Å². The Morgan fingerprint density at radius 2 is 1.93 bits per heavy atom. The van der Waals surface area contributed by atoms with Crippen molar-refractivity contribution in [3.8, 4) is 0 Å². The highest BCUT2D eigenvalue weighted by Crippen LogP contribution is 2.15. The first-order chi connectivity index (χ1) is 7.38. The highest BCUT2D eigenvalue weighted by Gasteiger charge is 2.01. The first-order valence-corrected chi connectivity index (χ1v) is 5.78. The number of rotatable bonds is 4. The van der Waals surface area contributed by atoms with Gasteiger partial charge in [-0.05, 0) is 12.0 Å². The molecule has 0 amide bonds. The molecule has 0 fully saturated rings. The smallest absolute Gasteiger partial charge is 0.0931 e. The van der Waals surface area contributed by atoms with E-state index in [4.69, 9.17) is 5.11 Å². The van der Waals surface area contributed by atoms with Crippen LogP contribution >= 0.6 is 11.3 Å². The summed E-state index contributed by atoms with van der Waals surface area (Å²) in [6, 6.07) is 10.4. The SMILES string of the molecule is OCc1cnc(CCc2ccccc2)s1. The van der Waals surface area contributed by atoms with E-state index in [2.05, 4.69) is 29.2 Å². The molecule has 1 N–H and O–H groups in total. The molecule has 0 radical (unpaired) electrons. The van der Waals surface area contributed by atoms with Crippen LogP contribution < -0.4 is 0 Å². The standard InChI is InChI=1S/C12H13NOS/c14-9-11-8-13-12(15-11)7-6-10-4-2-1-3-5-10/h1-5,8,14H,6-7,9H2. The maximum absolute atomic E-state index is 8.91. The number of hydrogen-bond donors (Lipinski definition) is 1. The summed E-state index contributed by atoms with van der Waals surface area (Å²) in [6.07, 6.45) is 3.72. The monoisotopic (exact) mass is 219 g/mol. The molecular weight excluding hydrogens is 206 g/mol. The third kappa shape index (κ3) is 2.88. The van der Waals surface area contributed by atoms with Gasteiger partial charge in [-0.15, -0.1) is 11.3 Å². The van der Waals surface area contributed by atoms with Crippen molar-refractivity contribution in [2.75, 3.05) is 0 Å². The Morgan fingerprint density at radius 3 is 2.60 bits per heavy atom. The van der Waals surface area contributed by atoms with E-state index < -0.39 is 0 Å². The fraction of sp³-hybridized carbons (Fsp3) is 0.250. The van der Waals surface area contributed by atoms with Crippen molar-refractivity contribution < 1.29 is 5.11 Å². The molecule has 2 aromatic rings. The molecule has 1 aromatic heterocycles. The van der Waals surface area contributed by atoms with Crippen molar-refractivity contribution >= 4 is 11.3 Å². The lowest BCUT2D eigenvalue weighted by Crippen LogP contribution is -1.89. The number of nitrogens with zero attached hydrogens (tertiary/aromatic N) is 1. The fourth-order valence-electron chi connectivity index (χ4n) is 1.43. The topological polar surface area (TPSA) is 33.1 Å². The molecule has 0 aliphatic rings. The summed E-state index contributed by atoms with van der Waals surface area (Å²) < 4.78 is 0. The van der Waals surface area contributed by atoms with E-state index in [0.717, 1.165) is 22.7 Å². The minimum Gasteiger partial charge on any atom is -0.391 e. The predicted octanol–water partition coefficient (Wildman–Crippen LogP) is 2.42. The first-order valence-electron chi connectivity index (χ1n) is 4.97. The zero-order valence-electron chi connectivity index (χ0n) is 8.39. The van der Waals surface area contributed by atoms with Crippen molar-refractivity contribution in [1.29, 1.82) is 0 Å². The van der Waals surface area contributed by atoms with Crippen LogP contribution in [-0.4, -0.2) is 10.1 Å². The first kappa shape index (κ1) is 10.3. The molecule has 0 aliphatic heterocycles. The normalized spacial score (nSPS) is 10.5. The summed E-state index contributed by atoms with van der Waals surface area (Å²) in [7, 11) is 0. The lowest BCUT2D eigenvalue weighted by atomic mass is 10.1. The van der Waals surface area contributed by atoms with E-state index in [1.54, 1.807) is 17.5 Å². The molecule has 2 nitrogen and oxygen atoms in total. The van der Waals surface area contributed by atoms with Crippen LogP contribution in [0.3, 0.4) is 0 Å². The van der Waals surface area contributed by atoms with Crippen LogP contribution in [0.2, 0.25) is 0 Å². The molecule has 0 unspecified atom stereocenters. The average molecular weight is 219 g/mol. The van der Waals surface area contributed by atoms with Crippen LogP contribution in [0.4, 0.5) is 0 Å². The highest BCUT2D eigenvalue weighted by molar-refractivity contribution is 7.11. The van der Waals surface area contributed by atoms with Crippen molar-refractivity contribution in [1.82, 2.24) is 4.98 Å². The van der Waals surface area contributed by atoms with E-state index in [1.807, 2.05) is 6.07 Å². The Balaban J connectivity index is 1.93. The van der Waals surface area contributed by atoms with Gasteiger partial charge in [0.1, 0.15) is 0 Å². The van der Waals surface area contributed by atoms with Gasteiger partial charge in [0, 0.05) is 12.6 Å². The molecule has 0 saturated carbocycles. The minimum absolute atomic E-state index is 0.100. The van der Waals surface area contributed by atoms with Crippen LogP contribution in [0.15, 0.2) is 36.5 Å². The van der Waals surface area contributed by atoms with Crippen LogP contribution in [0, 0.1) is 0 Å². The summed E-state index contributed by atoms with van der Waals surface area (Å²) >= 11 is 1.59. The van der Waals surface area contributed by atoms with Crippen molar-refractivity contribution in [3.05, 3.63) is 52.0 Å². The molecule has 0 atom stereocenters. The maximum atomic E-state index is 8.91. The number of thiazole rings is 1. The van der Waals surface area contributed by atoms with Gasteiger partial charge < -0.3 is 5.11 Å². The van der Waals surface area contributed by atoms with Gasteiger partial charge >= 0.3 is 0 Å². The summed E-state index contributed by atoms with van der Waals surface area (Å²) in [5.41, 5.74) is 1.33. The largest absolute Gasteiger partial charge is 0.391 e. The van der Waals surface area contributed by atoms with E-state index in [9.17, 15) is 0 Å². The molecule has 1 heterocycles. The predicted molar refractivity (Wildman–Crippen MR) is 61.9 cm³/mol. The number of aliphatic hydroxyl groups is 1. The zero-order chi connectivity index (χ0) is 10.5. The third-order valence-corrected chi connectivity index (χ3v) is 3.27. The van der Waals surface area contributed by atoms with Crippen LogP contribution in [0.5, 0.6) is 0 Å². The number of aryl methyl sites for hydroxylation is 2. The Bertz CT molecular complexity index is 411. The second-order valence-electron chi connectivity index (χ2n) is 3.36. The zero-order valence-corrected chi connectivity index (χ0v) is 9.20. The van der Waals surface area contributed by atoms with Crippen LogP contribution in [0.1, 0.15) is 15.4 Å². The number of aliphatic hydroxyl groups excluding tert-OH is 1. The Labute approximate surface area is 93.2 Å². The summed E-state index contributed by atoms with van der Waals surface area (Å²) in [5.74, 6) is 0. The molecule has 0 spiro atoms. The quantitative estimate of drug-likeness (QED) is 0.856. The maximum Gasteiger partial charge on any atom is 0.0931 e. The van der Waals surface area contributed by atoms with Gasteiger partial charge in [-0.25, -0.2) is 4.98 Å². The average Bonchev–Trinajstić information content (AvgIpc) is 2.76. The van der Waals surface area contributed by atoms with Gasteiger partial charge in [0.15, 0.2) is 0 Å². The Hall–Kier alpha value is -1.19. The van der Waals surface area contributed by atoms with Gasteiger partial charge in [-0.3, -0.25) is 0 Å². The van der Waals surface area contributed by atoms with Crippen molar-refractivity contribution in [2.45, 2.75) is 19.4 Å².